The third kappa shape index (κ3) is 6.22. The molecule has 1 aliphatic carbocycles. The summed E-state index contributed by atoms with van der Waals surface area (Å²) >= 11 is 1.98. The molecule has 0 radical (unpaired) electrons. The van der Waals surface area contributed by atoms with E-state index in [1.54, 1.807) is 0 Å². The van der Waals surface area contributed by atoms with Crippen molar-refractivity contribution in [3.8, 4) is 0 Å². The first-order chi connectivity index (χ1) is 10.2. The third-order valence-electron chi connectivity index (χ3n) is 4.97. The highest BCUT2D eigenvalue weighted by atomic mass is 32.2. The molecule has 0 saturated heterocycles. The Kier molecular flexibility index (Phi) is 7.42. The van der Waals surface area contributed by atoms with Gasteiger partial charge in [0.05, 0.1) is 0 Å². The second kappa shape index (κ2) is 9.07. The molecule has 1 aliphatic heterocycles. The van der Waals surface area contributed by atoms with Gasteiger partial charge in [-0.3, -0.25) is 4.99 Å². The molecule has 0 aromatic rings. The van der Waals surface area contributed by atoms with Crippen LogP contribution in [0.5, 0.6) is 0 Å². The lowest BCUT2D eigenvalue weighted by atomic mass is 9.75. The number of rotatable bonds is 7. The number of aliphatic imine (C=N–C) groups is 1. The maximum absolute atomic E-state index is 4.83. The van der Waals surface area contributed by atoms with Gasteiger partial charge in [-0.15, -0.1) is 0 Å². The molecule has 0 bridgehead atoms. The number of nitrogens with one attached hydrogen (secondary N) is 1. The van der Waals surface area contributed by atoms with Gasteiger partial charge in [-0.25, -0.2) is 0 Å². The van der Waals surface area contributed by atoms with Gasteiger partial charge in [-0.2, -0.15) is 0 Å². The van der Waals surface area contributed by atoms with Crippen LogP contribution in [0, 0.1) is 11.3 Å². The van der Waals surface area contributed by atoms with Crippen LogP contribution in [-0.2, 0) is 0 Å². The van der Waals surface area contributed by atoms with Crippen molar-refractivity contribution < 1.29 is 0 Å². The minimum Gasteiger partial charge on any atom is -0.365 e. The van der Waals surface area contributed by atoms with Gasteiger partial charge < -0.3 is 5.32 Å². The van der Waals surface area contributed by atoms with Gasteiger partial charge in [0.2, 0.25) is 0 Å². The van der Waals surface area contributed by atoms with E-state index >= 15 is 0 Å². The van der Waals surface area contributed by atoms with Crippen molar-refractivity contribution in [3.05, 3.63) is 0 Å². The lowest BCUT2D eigenvalue weighted by Gasteiger charge is -2.38. The zero-order chi connectivity index (χ0) is 15.0. The number of hydrogen-bond donors (Lipinski definition) is 1. The van der Waals surface area contributed by atoms with Gasteiger partial charge in [-0.05, 0) is 30.6 Å². The van der Waals surface area contributed by atoms with E-state index in [1.807, 2.05) is 11.8 Å². The fraction of sp³-hybridized carbons (Fsp3) is 0.944. The highest BCUT2D eigenvalue weighted by molar-refractivity contribution is 8.13. The minimum atomic E-state index is 0.560. The van der Waals surface area contributed by atoms with Crippen LogP contribution in [0.1, 0.15) is 78.1 Å². The SMILES string of the molecule is CC(C)CCCCCCNC1=NCC2(CCCCC2)CS1. The van der Waals surface area contributed by atoms with E-state index in [9.17, 15) is 0 Å². The molecule has 2 nitrogen and oxygen atoms in total. The molecule has 1 spiro atoms. The summed E-state index contributed by atoms with van der Waals surface area (Å²) in [5, 5.41) is 4.77. The highest BCUT2D eigenvalue weighted by Crippen LogP contribution is 2.41. The Morgan fingerprint density at radius 2 is 1.86 bits per heavy atom. The van der Waals surface area contributed by atoms with E-state index in [4.69, 9.17) is 4.99 Å². The molecule has 1 fully saturated rings. The van der Waals surface area contributed by atoms with E-state index in [0.717, 1.165) is 19.0 Å². The quantitative estimate of drug-likeness (QED) is 0.651. The lowest BCUT2D eigenvalue weighted by molar-refractivity contribution is 0.232. The van der Waals surface area contributed by atoms with E-state index in [2.05, 4.69) is 19.2 Å². The summed E-state index contributed by atoms with van der Waals surface area (Å²) in [4.78, 5) is 4.83. The molecule has 122 valence electrons. The first kappa shape index (κ1) is 17.2. The monoisotopic (exact) mass is 310 g/mol. The Bertz CT molecular complexity index is 319. The Morgan fingerprint density at radius 3 is 2.52 bits per heavy atom. The van der Waals surface area contributed by atoms with Crippen LogP contribution in [0.2, 0.25) is 0 Å². The molecule has 3 heteroatoms. The predicted molar refractivity (Wildman–Crippen MR) is 96.2 cm³/mol. The summed E-state index contributed by atoms with van der Waals surface area (Å²) in [6.45, 7) is 6.83. The summed E-state index contributed by atoms with van der Waals surface area (Å²) in [6.07, 6.45) is 13.9. The summed E-state index contributed by atoms with van der Waals surface area (Å²) in [7, 11) is 0. The lowest BCUT2D eigenvalue weighted by Crippen LogP contribution is -2.37. The first-order valence-electron chi connectivity index (χ1n) is 9.11. The second-order valence-corrected chi connectivity index (χ2v) is 8.46. The van der Waals surface area contributed by atoms with Gasteiger partial charge in [-0.1, -0.05) is 70.6 Å². The van der Waals surface area contributed by atoms with Crippen molar-refractivity contribution in [2.45, 2.75) is 78.1 Å². The topological polar surface area (TPSA) is 24.4 Å². The van der Waals surface area contributed by atoms with Crippen LogP contribution >= 0.6 is 11.8 Å². The van der Waals surface area contributed by atoms with E-state index in [0.29, 0.717) is 5.41 Å². The van der Waals surface area contributed by atoms with Crippen LogP contribution in [-0.4, -0.2) is 24.0 Å². The van der Waals surface area contributed by atoms with Crippen molar-refractivity contribution in [2.24, 2.45) is 16.3 Å². The van der Waals surface area contributed by atoms with Gasteiger partial charge in [0.15, 0.2) is 5.17 Å². The summed E-state index contributed by atoms with van der Waals surface area (Å²) in [6, 6.07) is 0. The van der Waals surface area contributed by atoms with Gasteiger partial charge in [0, 0.05) is 18.8 Å². The molecule has 2 rings (SSSR count). The maximum Gasteiger partial charge on any atom is 0.156 e. The van der Waals surface area contributed by atoms with Crippen molar-refractivity contribution >= 4 is 16.9 Å². The number of nitrogens with zero attached hydrogens (tertiary/aromatic N) is 1. The number of hydrogen-bond acceptors (Lipinski definition) is 3. The second-order valence-electron chi connectivity index (χ2n) is 7.49. The van der Waals surface area contributed by atoms with Crippen molar-refractivity contribution in [2.75, 3.05) is 18.8 Å². The first-order valence-corrected chi connectivity index (χ1v) is 10.1. The normalized spacial score (nSPS) is 21.6. The molecule has 2 aliphatic rings. The summed E-state index contributed by atoms with van der Waals surface area (Å²) < 4.78 is 0. The van der Waals surface area contributed by atoms with Crippen molar-refractivity contribution in [3.63, 3.8) is 0 Å². The molecule has 1 saturated carbocycles. The van der Waals surface area contributed by atoms with Crippen molar-refractivity contribution in [1.82, 2.24) is 5.32 Å². The molecular formula is C18H34N2S. The third-order valence-corrected chi connectivity index (χ3v) is 6.28. The number of unbranched alkanes of at least 4 members (excludes halogenated alkanes) is 3. The molecule has 1 N–H and O–H groups in total. The maximum atomic E-state index is 4.83. The smallest absolute Gasteiger partial charge is 0.156 e. The van der Waals surface area contributed by atoms with Gasteiger partial charge in [0.1, 0.15) is 0 Å². The summed E-state index contributed by atoms with van der Waals surface area (Å²) in [5.74, 6) is 2.16. The van der Waals surface area contributed by atoms with Crippen LogP contribution in [0.3, 0.4) is 0 Å². The molecule has 0 aromatic carbocycles. The Balaban J connectivity index is 1.53. The summed E-state index contributed by atoms with van der Waals surface area (Å²) in [5.41, 5.74) is 0.560. The molecule has 0 unspecified atom stereocenters. The minimum absolute atomic E-state index is 0.560. The predicted octanol–water partition coefficient (Wildman–Crippen LogP) is 5.24. The van der Waals surface area contributed by atoms with E-state index in [-0.39, 0.29) is 0 Å². The zero-order valence-corrected chi connectivity index (χ0v) is 14.9. The van der Waals surface area contributed by atoms with Crippen LogP contribution in [0.4, 0.5) is 0 Å². The Morgan fingerprint density at radius 1 is 1.10 bits per heavy atom. The molecule has 0 amide bonds. The van der Waals surface area contributed by atoms with Crippen LogP contribution in [0.15, 0.2) is 4.99 Å². The number of thioether (sulfide) groups is 1. The Labute approximate surface area is 135 Å². The van der Waals surface area contributed by atoms with E-state index in [1.165, 1.54) is 75.1 Å². The molecule has 0 aromatic heterocycles. The molecule has 21 heavy (non-hydrogen) atoms. The average molecular weight is 311 g/mol. The largest absolute Gasteiger partial charge is 0.365 e. The zero-order valence-electron chi connectivity index (χ0n) is 14.1. The van der Waals surface area contributed by atoms with Gasteiger partial charge in [0.25, 0.3) is 0 Å². The van der Waals surface area contributed by atoms with Crippen molar-refractivity contribution in [1.29, 1.82) is 0 Å². The molecule has 0 atom stereocenters. The van der Waals surface area contributed by atoms with Gasteiger partial charge >= 0.3 is 0 Å². The van der Waals surface area contributed by atoms with E-state index < -0.39 is 0 Å². The highest BCUT2D eigenvalue weighted by Gasteiger charge is 2.34. The number of amidine groups is 1. The molecule has 1 heterocycles. The molecular weight excluding hydrogens is 276 g/mol. The fourth-order valence-corrected chi connectivity index (χ4v) is 4.67. The van der Waals surface area contributed by atoms with Crippen LogP contribution < -0.4 is 5.32 Å². The Hall–Kier alpha value is -0.180. The van der Waals surface area contributed by atoms with Crippen LogP contribution in [0.25, 0.3) is 0 Å². The standard InChI is InChI=1S/C18H34N2S/c1-16(2)10-6-3-4-9-13-19-17-20-14-18(15-21-17)11-7-5-8-12-18/h16H,3-15H2,1-2H3,(H,19,20). The fourth-order valence-electron chi connectivity index (χ4n) is 3.49. The average Bonchev–Trinajstić information content (AvgIpc) is 2.49.